The Kier molecular flexibility index (Phi) is 8.19. The standard InChI is InChI=1S/C31H27ClN2O5S/c1-4-38-30(36)27-19(2)33-31-34(28(27)21-10-6-5-7-11-21)29(35)26(40-31)17-20-14-15-24(25(16-20)37-3)39-18-22-12-8-9-13-23(22)32/h5-17,28H,4,18H2,1-3H3/b26-17+. The number of ether oxygens (including phenoxy) is 3. The molecular weight excluding hydrogens is 548 g/mol. The number of esters is 1. The number of rotatable bonds is 8. The van der Waals surface area contributed by atoms with Crippen molar-refractivity contribution in [3.05, 3.63) is 125 Å². The zero-order valence-electron chi connectivity index (χ0n) is 22.2. The smallest absolute Gasteiger partial charge is 0.338 e. The lowest BCUT2D eigenvalue weighted by Crippen LogP contribution is -2.39. The largest absolute Gasteiger partial charge is 0.493 e. The van der Waals surface area contributed by atoms with Gasteiger partial charge < -0.3 is 14.2 Å². The van der Waals surface area contributed by atoms with Crippen LogP contribution in [0.4, 0.5) is 0 Å². The van der Waals surface area contributed by atoms with Crippen LogP contribution in [0.25, 0.3) is 6.08 Å². The number of nitrogens with zero attached hydrogens (tertiary/aromatic N) is 2. The Morgan fingerprint density at radius 3 is 2.55 bits per heavy atom. The molecule has 1 aromatic heterocycles. The minimum atomic E-state index is -0.645. The lowest BCUT2D eigenvalue weighted by Gasteiger charge is -2.24. The summed E-state index contributed by atoms with van der Waals surface area (Å²) in [4.78, 5) is 31.9. The topological polar surface area (TPSA) is 79.1 Å². The maximum absolute atomic E-state index is 13.8. The highest BCUT2D eigenvalue weighted by atomic mass is 35.5. The van der Waals surface area contributed by atoms with E-state index < -0.39 is 12.0 Å². The number of fused-ring (bicyclic) bond motifs is 1. The van der Waals surface area contributed by atoms with Crippen LogP contribution < -0.4 is 24.4 Å². The van der Waals surface area contributed by atoms with Crippen LogP contribution in [0, 0.1) is 0 Å². The Labute approximate surface area is 240 Å². The quantitative estimate of drug-likeness (QED) is 0.276. The third kappa shape index (κ3) is 5.46. The lowest BCUT2D eigenvalue weighted by molar-refractivity contribution is -0.139. The second-order valence-corrected chi connectivity index (χ2v) is 10.4. The molecule has 0 saturated heterocycles. The van der Waals surface area contributed by atoms with Gasteiger partial charge in [0, 0.05) is 10.6 Å². The molecule has 0 fully saturated rings. The molecule has 204 valence electrons. The number of hydrogen-bond acceptors (Lipinski definition) is 7. The second kappa shape index (κ2) is 11.9. The molecule has 1 unspecified atom stereocenters. The van der Waals surface area contributed by atoms with Crippen molar-refractivity contribution in [1.82, 2.24) is 4.57 Å². The number of aromatic nitrogens is 1. The first-order chi connectivity index (χ1) is 19.4. The van der Waals surface area contributed by atoms with E-state index in [4.69, 9.17) is 25.8 Å². The van der Waals surface area contributed by atoms with Crippen LogP contribution in [-0.4, -0.2) is 24.3 Å². The van der Waals surface area contributed by atoms with Crippen molar-refractivity contribution in [1.29, 1.82) is 0 Å². The first-order valence-corrected chi connectivity index (χ1v) is 13.9. The zero-order chi connectivity index (χ0) is 28.2. The Hall–Kier alpha value is -4.14. The van der Waals surface area contributed by atoms with Crippen molar-refractivity contribution in [2.45, 2.75) is 26.5 Å². The average Bonchev–Trinajstić information content (AvgIpc) is 3.26. The fourth-order valence-electron chi connectivity index (χ4n) is 4.56. The summed E-state index contributed by atoms with van der Waals surface area (Å²) in [6.45, 7) is 4.03. The molecule has 1 aliphatic rings. The third-order valence-electron chi connectivity index (χ3n) is 6.46. The van der Waals surface area contributed by atoms with Gasteiger partial charge >= 0.3 is 5.97 Å². The van der Waals surface area contributed by atoms with Crippen LogP contribution in [0.1, 0.15) is 36.6 Å². The highest BCUT2D eigenvalue weighted by Crippen LogP contribution is 2.31. The number of allylic oxidation sites excluding steroid dienone is 1. The second-order valence-electron chi connectivity index (χ2n) is 9.00. The average molecular weight is 575 g/mol. The Morgan fingerprint density at radius 2 is 1.82 bits per heavy atom. The summed E-state index contributed by atoms with van der Waals surface area (Å²) < 4.78 is 18.9. The molecule has 0 amide bonds. The van der Waals surface area contributed by atoms with Gasteiger partial charge in [-0.25, -0.2) is 9.79 Å². The van der Waals surface area contributed by atoms with Crippen molar-refractivity contribution in [3.63, 3.8) is 0 Å². The van der Waals surface area contributed by atoms with Crippen LogP contribution in [-0.2, 0) is 16.1 Å². The van der Waals surface area contributed by atoms with Gasteiger partial charge in [-0.05, 0) is 49.2 Å². The van der Waals surface area contributed by atoms with Crippen LogP contribution in [0.5, 0.6) is 11.5 Å². The SMILES string of the molecule is CCOC(=O)C1=C(C)N=c2s/c(=C/c3ccc(OCc4ccccc4Cl)c(OC)c3)c(=O)n2C1c1ccccc1. The highest BCUT2D eigenvalue weighted by Gasteiger charge is 2.33. The molecule has 0 aliphatic carbocycles. The molecule has 0 bridgehead atoms. The van der Waals surface area contributed by atoms with Gasteiger partial charge in [-0.15, -0.1) is 0 Å². The third-order valence-corrected chi connectivity index (χ3v) is 7.81. The van der Waals surface area contributed by atoms with Gasteiger partial charge in [0.15, 0.2) is 16.3 Å². The van der Waals surface area contributed by atoms with E-state index in [9.17, 15) is 9.59 Å². The summed E-state index contributed by atoms with van der Waals surface area (Å²) in [5.41, 5.74) is 3.06. The van der Waals surface area contributed by atoms with Crippen LogP contribution in [0.2, 0.25) is 5.02 Å². The van der Waals surface area contributed by atoms with Crippen molar-refractivity contribution < 1.29 is 19.0 Å². The van der Waals surface area contributed by atoms with E-state index in [1.165, 1.54) is 11.3 Å². The predicted molar refractivity (Wildman–Crippen MR) is 156 cm³/mol. The van der Waals surface area contributed by atoms with E-state index in [1.54, 1.807) is 37.7 Å². The number of methoxy groups -OCH3 is 1. The number of hydrogen-bond donors (Lipinski definition) is 0. The number of benzene rings is 3. The van der Waals surface area contributed by atoms with E-state index in [-0.39, 0.29) is 18.8 Å². The Balaban J connectivity index is 1.54. The summed E-state index contributed by atoms with van der Waals surface area (Å²) in [7, 11) is 1.56. The molecule has 3 aromatic carbocycles. The van der Waals surface area contributed by atoms with Crippen molar-refractivity contribution in [2.75, 3.05) is 13.7 Å². The molecule has 0 saturated carbocycles. The molecule has 9 heteroatoms. The molecular formula is C31H27ClN2O5S. The Bertz CT molecular complexity index is 1780. The lowest BCUT2D eigenvalue weighted by atomic mass is 9.96. The number of thiazole rings is 1. The fraction of sp³-hybridized carbons (Fsp3) is 0.194. The molecule has 0 radical (unpaired) electrons. The zero-order valence-corrected chi connectivity index (χ0v) is 23.8. The van der Waals surface area contributed by atoms with E-state index >= 15 is 0 Å². The fourth-order valence-corrected chi connectivity index (χ4v) is 5.79. The molecule has 0 N–H and O–H groups in total. The van der Waals surface area contributed by atoms with E-state index in [1.807, 2.05) is 66.7 Å². The molecule has 2 heterocycles. The van der Waals surface area contributed by atoms with E-state index in [0.717, 1.165) is 16.7 Å². The monoisotopic (exact) mass is 574 g/mol. The minimum Gasteiger partial charge on any atom is -0.493 e. The molecule has 7 nitrogen and oxygen atoms in total. The van der Waals surface area contributed by atoms with Crippen molar-refractivity contribution in [2.24, 2.45) is 4.99 Å². The van der Waals surface area contributed by atoms with E-state index in [0.29, 0.717) is 37.1 Å². The molecule has 0 spiro atoms. The van der Waals surface area contributed by atoms with E-state index in [2.05, 4.69) is 4.99 Å². The van der Waals surface area contributed by atoms with Gasteiger partial charge in [0.2, 0.25) is 0 Å². The maximum atomic E-state index is 13.8. The first kappa shape index (κ1) is 27.4. The molecule has 4 aromatic rings. The molecule has 5 rings (SSSR count). The Morgan fingerprint density at radius 1 is 1.07 bits per heavy atom. The van der Waals surface area contributed by atoms with Crippen LogP contribution in [0.15, 0.2) is 93.9 Å². The molecule has 40 heavy (non-hydrogen) atoms. The number of carbonyl (C=O) groups excluding carboxylic acids is 1. The molecule has 1 aliphatic heterocycles. The van der Waals surface area contributed by atoms with Crippen LogP contribution in [0.3, 0.4) is 0 Å². The molecule has 1 atom stereocenters. The van der Waals surface area contributed by atoms with Gasteiger partial charge in [-0.1, -0.05) is 77.5 Å². The highest BCUT2D eigenvalue weighted by molar-refractivity contribution is 7.07. The predicted octanol–water partition coefficient (Wildman–Crippen LogP) is 5.04. The minimum absolute atomic E-state index is 0.224. The summed E-state index contributed by atoms with van der Waals surface area (Å²) in [5, 5.41) is 0.628. The summed E-state index contributed by atoms with van der Waals surface area (Å²) in [6.07, 6.45) is 1.79. The van der Waals surface area contributed by atoms with Gasteiger partial charge in [-0.2, -0.15) is 0 Å². The van der Waals surface area contributed by atoms with Gasteiger partial charge in [0.1, 0.15) is 6.61 Å². The van der Waals surface area contributed by atoms with Gasteiger partial charge in [-0.3, -0.25) is 9.36 Å². The number of carbonyl (C=O) groups is 1. The number of halogens is 1. The van der Waals surface area contributed by atoms with Crippen LogP contribution >= 0.6 is 22.9 Å². The summed E-state index contributed by atoms with van der Waals surface area (Å²) in [5.74, 6) is 0.597. The normalized spacial score (nSPS) is 14.9. The first-order valence-electron chi connectivity index (χ1n) is 12.7. The maximum Gasteiger partial charge on any atom is 0.338 e. The summed E-state index contributed by atoms with van der Waals surface area (Å²) in [6, 6.07) is 21.7. The van der Waals surface area contributed by atoms with Crippen molar-refractivity contribution in [3.8, 4) is 11.5 Å². The van der Waals surface area contributed by atoms with Gasteiger partial charge in [0.05, 0.1) is 35.6 Å². The van der Waals surface area contributed by atoms with Gasteiger partial charge in [0.25, 0.3) is 5.56 Å². The summed E-state index contributed by atoms with van der Waals surface area (Å²) >= 11 is 7.52. The van der Waals surface area contributed by atoms with Crippen molar-refractivity contribution >= 4 is 35.0 Å².